The summed E-state index contributed by atoms with van der Waals surface area (Å²) < 4.78 is 4.88. The van der Waals surface area contributed by atoms with E-state index in [4.69, 9.17) is 15.5 Å². The Hall–Kier alpha value is -4.06. The zero-order chi connectivity index (χ0) is 28.1. The molecule has 0 aromatic heterocycles. The number of ether oxygens (including phenoxy) is 1. The Morgan fingerprint density at radius 2 is 1.52 bits per heavy atom. The quantitative estimate of drug-likeness (QED) is 0.295. The van der Waals surface area contributed by atoms with E-state index in [-0.39, 0.29) is 35.3 Å². The van der Waals surface area contributed by atoms with E-state index in [0.29, 0.717) is 30.7 Å². The van der Waals surface area contributed by atoms with Crippen LogP contribution >= 0.6 is 0 Å². The molecule has 0 saturated heterocycles. The number of nitrogens with zero attached hydrogens (tertiary/aromatic N) is 1. The van der Waals surface area contributed by atoms with Gasteiger partial charge in [-0.3, -0.25) is 14.4 Å². The summed E-state index contributed by atoms with van der Waals surface area (Å²) in [6, 6.07) is 26.9. The Labute approximate surface area is 235 Å². The molecule has 2 N–H and O–H groups in total. The number of nitrogens with two attached hydrogens (primary N) is 1. The standard InChI is InChI=1S/C34H36N2O4/c1-40-33(39)25-17-15-23(16-18-25)21-30(37)26-10-8-9-24(19-26)20-27-22-31(35)36-34(32(27)38,28-11-4-2-5-12-28)29-13-6-3-7-14-29/h2-14,19,23,25,27H,15-18,20-22H2,1H3,(H2,35,36). The fraction of sp³-hybridized carbons (Fsp3) is 0.353. The molecule has 3 aromatic rings. The van der Waals surface area contributed by atoms with Crippen molar-refractivity contribution >= 4 is 23.4 Å². The van der Waals surface area contributed by atoms with E-state index in [1.54, 1.807) is 0 Å². The molecule has 1 aliphatic heterocycles. The van der Waals surface area contributed by atoms with E-state index < -0.39 is 5.54 Å². The lowest BCUT2D eigenvalue weighted by molar-refractivity contribution is -0.146. The molecule has 1 aliphatic carbocycles. The second kappa shape index (κ2) is 12.0. The molecule has 1 heterocycles. The van der Waals surface area contributed by atoms with Crippen molar-refractivity contribution < 1.29 is 19.1 Å². The zero-order valence-electron chi connectivity index (χ0n) is 22.9. The SMILES string of the molecule is COC(=O)C1CCC(CC(=O)c2cccc(CC3CC(N)=NC(c4ccccc4)(c4ccccc4)C3=O)c2)CC1. The van der Waals surface area contributed by atoms with Gasteiger partial charge in [-0.15, -0.1) is 0 Å². The molecule has 40 heavy (non-hydrogen) atoms. The molecule has 6 heteroatoms. The molecule has 5 rings (SSSR count). The fourth-order valence-corrected chi connectivity index (χ4v) is 6.37. The van der Waals surface area contributed by atoms with Crippen LogP contribution in [0.25, 0.3) is 0 Å². The molecule has 3 aromatic carbocycles. The highest BCUT2D eigenvalue weighted by molar-refractivity contribution is 6.03. The van der Waals surface area contributed by atoms with Crippen LogP contribution in [-0.4, -0.2) is 30.5 Å². The number of benzene rings is 3. The van der Waals surface area contributed by atoms with Crippen LogP contribution in [-0.2, 0) is 26.3 Å². The van der Waals surface area contributed by atoms with Gasteiger partial charge in [0, 0.05) is 24.3 Å². The molecule has 2 aliphatic rings. The summed E-state index contributed by atoms with van der Waals surface area (Å²) in [6.45, 7) is 0. The van der Waals surface area contributed by atoms with Crippen molar-refractivity contribution in [2.45, 2.75) is 50.5 Å². The van der Waals surface area contributed by atoms with Crippen molar-refractivity contribution in [3.63, 3.8) is 0 Å². The van der Waals surface area contributed by atoms with Crippen LogP contribution in [0.1, 0.15) is 65.6 Å². The normalized spacial score (nSPS) is 22.3. The number of methoxy groups -OCH3 is 1. The van der Waals surface area contributed by atoms with Crippen molar-refractivity contribution in [3.8, 4) is 0 Å². The highest BCUT2D eigenvalue weighted by Crippen LogP contribution is 2.41. The number of carbonyl (C=O) groups excluding carboxylic acids is 3. The second-order valence-corrected chi connectivity index (χ2v) is 11.1. The van der Waals surface area contributed by atoms with Gasteiger partial charge >= 0.3 is 5.97 Å². The number of hydrogen-bond donors (Lipinski definition) is 1. The number of rotatable bonds is 8. The lowest BCUT2D eigenvalue weighted by atomic mass is 9.71. The minimum absolute atomic E-state index is 0.0122. The molecular weight excluding hydrogens is 500 g/mol. The lowest BCUT2D eigenvalue weighted by Gasteiger charge is -2.37. The summed E-state index contributed by atoms with van der Waals surface area (Å²) >= 11 is 0. The summed E-state index contributed by atoms with van der Waals surface area (Å²) in [4.78, 5) is 44.2. The molecular formula is C34H36N2O4. The first kappa shape index (κ1) is 27.5. The van der Waals surface area contributed by atoms with Gasteiger partial charge in [-0.1, -0.05) is 78.9 Å². The minimum Gasteiger partial charge on any atom is -0.469 e. The second-order valence-electron chi connectivity index (χ2n) is 11.1. The van der Waals surface area contributed by atoms with Gasteiger partial charge in [0.1, 0.15) is 0 Å². The molecule has 6 nitrogen and oxygen atoms in total. The predicted molar refractivity (Wildman–Crippen MR) is 155 cm³/mol. The van der Waals surface area contributed by atoms with E-state index in [9.17, 15) is 14.4 Å². The predicted octanol–water partition coefficient (Wildman–Crippen LogP) is 5.67. The van der Waals surface area contributed by atoms with Crippen LogP contribution in [0.3, 0.4) is 0 Å². The number of ketones is 2. The average Bonchev–Trinajstić information content (AvgIpc) is 3.00. The van der Waals surface area contributed by atoms with Gasteiger partial charge < -0.3 is 10.5 Å². The summed E-state index contributed by atoms with van der Waals surface area (Å²) in [5, 5.41) is 0. The first-order chi connectivity index (χ1) is 19.4. The van der Waals surface area contributed by atoms with Crippen molar-refractivity contribution in [2.75, 3.05) is 7.11 Å². The molecule has 0 radical (unpaired) electrons. The molecule has 1 saturated carbocycles. The molecule has 206 valence electrons. The summed E-state index contributed by atoms with van der Waals surface area (Å²) in [5.41, 5.74) is 8.41. The van der Waals surface area contributed by atoms with E-state index in [1.165, 1.54) is 7.11 Å². The van der Waals surface area contributed by atoms with Gasteiger partial charge in [0.05, 0.1) is 18.9 Å². The topological polar surface area (TPSA) is 98.8 Å². The lowest BCUT2D eigenvalue weighted by Crippen LogP contribution is -2.47. The van der Waals surface area contributed by atoms with Gasteiger partial charge in [-0.05, 0) is 60.8 Å². The molecule has 1 atom stereocenters. The number of aliphatic imine (C=N–C) groups is 1. The smallest absolute Gasteiger partial charge is 0.308 e. The molecule has 0 amide bonds. The average molecular weight is 537 g/mol. The van der Waals surface area contributed by atoms with E-state index >= 15 is 0 Å². The van der Waals surface area contributed by atoms with Gasteiger partial charge in [-0.25, -0.2) is 4.99 Å². The first-order valence-corrected chi connectivity index (χ1v) is 14.1. The summed E-state index contributed by atoms with van der Waals surface area (Å²) in [5.74, 6) is 0.251. The van der Waals surface area contributed by atoms with Crippen LogP contribution < -0.4 is 5.73 Å². The number of amidine groups is 1. The molecule has 1 unspecified atom stereocenters. The Kier molecular flexibility index (Phi) is 8.24. The first-order valence-electron chi connectivity index (χ1n) is 14.1. The van der Waals surface area contributed by atoms with Gasteiger partial charge in [0.15, 0.2) is 17.1 Å². The number of Topliss-reactive ketones (excluding diaryl/α,β-unsaturated/α-hetero) is 2. The Morgan fingerprint density at radius 1 is 0.900 bits per heavy atom. The largest absolute Gasteiger partial charge is 0.469 e. The van der Waals surface area contributed by atoms with Crippen molar-refractivity contribution in [1.82, 2.24) is 0 Å². The van der Waals surface area contributed by atoms with Crippen molar-refractivity contribution in [3.05, 3.63) is 107 Å². The number of carbonyl (C=O) groups is 3. The van der Waals surface area contributed by atoms with Crippen LogP contribution in [0.4, 0.5) is 0 Å². The van der Waals surface area contributed by atoms with E-state index in [0.717, 1.165) is 42.4 Å². The maximum absolute atomic E-state index is 14.3. The highest BCUT2D eigenvalue weighted by Gasteiger charge is 2.48. The van der Waals surface area contributed by atoms with E-state index in [1.807, 2.05) is 84.9 Å². The zero-order valence-corrected chi connectivity index (χ0v) is 22.9. The monoisotopic (exact) mass is 536 g/mol. The van der Waals surface area contributed by atoms with Gasteiger partial charge in [0.25, 0.3) is 0 Å². The third-order valence-electron chi connectivity index (χ3n) is 8.46. The maximum atomic E-state index is 14.3. The Balaban J connectivity index is 1.34. The Morgan fingerprint density at radius 3 is 2.12 bits per heavy atom. The minimum atomic E-state index is -1.20. The van der Waals surface area contributed by atoms with Crippen LogP contribution in [0, 0.1) is 17.8 Å². The summed E-state index contributed by atoms with van der Waals surface area (Å²) in [6.07, 6.45) is 4.54. The Bertz CT molecular complexity index is 1350. The molecule has 1 fully saturated rings. The maximum Gasteiger partial charge on any atom is 0.308 e. The van der Waals surface area contributed by atoms with Crippen LogP contribution in [0.15, 0.2) is 89.9 Å². The van der Waals surface area contributed by atoms with E-state index in [2.05, 4.69) is 0 Å². The van der Waals surface area contributed by atoms with Gasteiger partial charge in [-0.2, -0.15) is 0 Å². The summed E-state index contributed by atoms with van der Waals surface area (Å²) in [7, 11) is 1.43. The fourth-order valence-electron chi connectivity index (χ4n) is 6.37. The molecule has 0 bridgehead atoms. The number of hydrogen-bond acceptors (Lipinski definition) is 6. The number of esters is 1. The van der Waals surface area contributed by atoms with Crippen molar-refractivity contribution in [1.29, 1.82) is 0 Å². The third-order valence-corrected chi connectivity index (χ3v) is 8.46. The molecule has 0 spiro atoms. The van der Waals surface area contributed by atoms with Gasteiger partial charge in [0.2, 0.25) is 0 Å². The van der Waals surface area contributed by atoms with Crippen LogP contribution in [0.5, 0.6) is 0 Å². The van der Waals surface area contributed by atoms with Crippen LogP contribution in [0.2, 0.25) is 0 Å². The third kappa shape index (κ3) is 5.62. The highest BCUT2D eigenvalue weighted by atomic mass is 16.5. The van der Waals surface area contributed by atoms with Crippen molar-refractivity contribution in [2.24, 2.45) is 28.5 Å².